The van der Waals surface area contributed by atoms with Gasteiger partial charge in [0.2, 0.25) is 5.60 Å². The molecule has 25 heavy (non-hydrogen) atoms. The summed E-state index contributed by atoms with van der Waals surface area (Å²) < 4.78 is 11.2. The molecule has 3 nitrogen and oxygen atoms in total. The van der Waals surface area contributed by atoms with E-state index < -0.39 is 5.60 Å². The van der Waals surface area contributed by atoms with Crippen LogP contribution in [0, 0.1) is 0 Å². The number of carbonyl (C=O) groups is 1. The fourth-order valence-corrected chi connectivity index (χ4v) is 2.50. The summed E-state index contributed by atoms with van der Waals surface area (Å²) in [6.07, 6.45) is 2.16. The Morgan fingerprint density at radius 1 is 1.00 bits per heavy atom. The summed E-state index contributed by atoms with van der Waals surface area (Å²) in [4.78, 5) is 12.2. The number of rotatable bonds is 8. The first-order chi connectivity index (χ1) is 12.0. The number of carbonyl (C=O) groups excluding carboxylic acids is 1. The zero-order valence-electron chi connectivity index (χ0n) is 15.0. The average Bonchev–Trinajstić information content (AvgIpc) is 2.63. The van der Waals surface area contributed by atoms with Gasteiger partial charge in [0, 0.05) is 5.02 Å². The van der Waals surface area contributed by atoms with Crippen LogP contribution < -0.4 is 4.74 Å². The van der Waals surface area contributed by atoms with Crippen molar-refractivity contribution >= 4 is 17.6 Å². The number of esters is 1. The highest BCUT2D eigenvalue weighted by Gasteiger charge is 2.35. The number of benzene rings is 2. The van der Waals surface area contributed by atoms with Crippen LogP contribution in [-0.2, 0) is 16.0 Å². The molecule has 2 aromatic carbocycles. The summed E-state index contributed by atoms with van der Waals surface area (Å²) in [6.45, 7) is 6.07. The zero-order chi connectivity index (χ0) is 18.3. The summed E-state index contributed by atoms with van der Waals surface area (Å²) in [6, 6.07) is 15.6. The van der Waals surface area contributed by atoms with Crippen molar-refractivity contribution in [1.29, 1.82) is 0 Å². The Kier molecular flexibility index (Phi) is 6.89. The predicted molar refractivity (Wildman–Crippen MR) is 101 cm³/mol. The first-order valence-corrected chi connectivity index (χ1v) is 9.04. The van der Waals surface area contributed by atoms with E-state index in [0.717, 1.165) is 17.9 Å². The first-order valence-electron chi connectivity index (χ1n) is 8.66. The molecule has 2 aromatic rings. The van der Waals surface area contributed by atoms with E-state index in [9.17, 15) is 4.79 Å². The standard InChI is InChI=1S/C21H25ClO3/c1-4-14-24-20(23)21(3,5-2)25-19-12-8-17(9-13-19)15-16-6-10-18(22)11-7-16/h6-13H,4-5,14-15H2,1-3H3. The van der Waals surface area contributed by atoms with E-state index in [1.807, 2.05) is 62.4 Å². The molecule has 1 atom stereocenters. The second-order valence-electron chi connectivity index (χ2n) is 6.27. The van der Waals surface area contributed by atoms with Crippen molar-refractivity contribution in [3.05, 3.63) is 64.7 Å². The lowest BCUT2D eigenvalue weighted by atomic mass is 10.0. The Balaban J connectivity index is 2.03. The second-order valence-corrected chi connectivity index (χ2v) is 6.71. The third-order valence-electron chi connectivity index (χ3n) is 4.13. The molecule has 1 unspecified atom stereocenters. The molecule has 0 saturated heterocycles. The summed E-state index contributed by atoms with van der Waals surface area (Å²) in [7, 11) is 0. The van der Waals surface area contributed by atoms with Crippen molar-refractivity contribution < 1.29 is 14.3 Å². The van der Waals surface area contributed by atoms with Crippen LogP contribution >= 0.6 is 11.6 Å². The molecular formula is C21H25ClO3. The summed E-state index contributed by atoms with van der Waals surface area (Å²) in [5.74, 6) is 0.347. The van der Waals surface area contributed by atoms with Crippen LogP contribution in [0.1, 0.15) is 44.7 Å². The molecule has 0 heterocycles. The minimum absolute atomic E-state index is 0.318. The maximum atomic E-state index is 12.2. The second kappa shape index (κ2) is 8.91. The highest BCUT2D eigenvalue weighted by molar-refractivity contribution is 6.30. The Bertz CT molecular complexity index is 679. The van der Waals surface area contributed by atoms with Gasteiger partial charge in [-0.05, 0) is 61.6 Å². The van der Waals surface area contributed by atoms with E-state index in [1.54, 1.807) is 6.92 Å². The van der Waals surface area contributed by atoms with E-state index >= 15 is 0 Å². The van der Waals surface area contributed by atoms with E-state index in [-0.39, 0.29) is 5.97 Å². The zero-order valence-corrected chi connectivity index (χ0v) is 15.8. The SMILES string of the molecule is CCCOC(=O)C(C)(CC)Oc1ccc(Cc2ccc(Cl)cc2)cc1. The van der Waals surface area contributed by atoms with Gasteiger partial charge in [-0.1, -0.05) is 49.7 Å². The van der Waals surface area contributed by atoms with E-state index in [0.29, 0.717) is 18.8 Å². The van der Waals surface area contributed by atoms with Gasteiger partial charge in [-0.3, -0.25) is 0 Å². The van der Waals surface area contributed by atoms with Crippen LogP contribution in [0.3, 0.4) is 0 Å². The van der Waals surface area contributed by atoms with Gasteiger partial charge in [0.25, 0.3) is 0 Å². The van der Waals surface area contributed by atoms with Crippen molar-refractivity contribution in [1.82, 2.24) is 0 Å². The molecule has 0 N–H and O–H groups in total. The number of hydrogen-bond donors (Lipinski definition) is 0. The molecule has 0 bridgehead atoms. The molecule has 0 aliphatic rings. The van der Waals surface area contributed by atoms with Crippen LogP contribution in [0.25, 0.3) is 0 Å². The molecule has 0 aromatic heterocycles. The van der Waals surface area contributed by atoms with Gasteiger partial charge in [-0.2, -0.15) is 0 Å². The molecule has 0 spiro atoms. The van der Waals surface area contributed by atoms with Gasteiger partial charge in [0.15, 0.2) is 0 Å². The third kappa shape index (κ3) is 5.50. The molecule has 4 heteroatoms. The Hall–Kier alpha value is -2.00. The maximum Gasteiger partial charge on any atom is 0.350 e. The summed E-state index contributed by atoms with van der Waals surface area (Å²) in [5.41, 5.74) is 1.40. The predicted octanol–water partition coefficient (Wildman–Crippen LogP) is 5.43. The van der Waals surface area contributed by atoms with Gasteiger partial charge in [0.05, 0.1) is 6.61 Å². The van der Waals surface area contributed by atoms with Crippen LogP contribution in [0.4, 0.5) is 0 Å². The summed E-state index contributed by atoms with van der Waals surface area (Å²) >= 11 is 5.91. The molecule has 134 valence electrons. The van der Waals surface area contributed by atoms with E-state index in [2.05, 4.69) is 0 Å². The molecular weight excluding hydrogens is 336 g/mol. The smallest absolute Gasteiger partial charge is 0.350 e. The number of hydrogen-bond acceptors (Lipinski definition) is 3. The molecule has 0 radical (unpaired) electrons. The van der Waals surface area contributed by atoms with Crippen LogP contribution in [0.15, 0.2) is 48.5 Å². The van der Waals surface area contributed by atoms with Crippen LogP contribution in [-0.4, -0.2) is 18.2 Å². The Morgan fingerprint density at radius 2 is 1.56 bits per heavy atom. The van der Waals surface area contributed by atoms with E-state index in [4.69, 9.17) is 21.1 Å². The third-order valence-corrected chi connectivity index (χ3v) is 4.38. The normalized spacial score (nSPS) is 13.1. The van der Waals surface area contributed by atoms with Gasteiger partial charge < -0.3 is 9.47 Å². The van der Waals surface area contributed by atoms with Crippen molar-refractivity contribution in [2.24, 2.45) is 0 Å². The molecule has 0 amide bonds. The minimum atomic E-state index is -0.965. The first kappa shape index (κ1) is 19.3. The fourth-order valence-electron chi connectivity index (χ4n) is 2.38. The quantitative estimate of drug-likeness (QED) is 0.588. The number of halogens is 1. The average molecular weight is 361 g/mol. The topological polar surface area (TPSA) is 35.5 Å². The summed E-state index contributed by atoms with van der Waals surface area (Å²) in [5, 5.41) is 0.737. The highest BCUT2D eigenvalue weighted by Crippen LogP contribution is 2.24. The van der Waals surface area contributed by atoms with Gasteiger partial charge in [-0.25, -0.2) is 4.79 Å². The minimum Gasteiger partial charge on any atom is -0.476 e. The highest BCUT2D eigenvalue weighted by atomic mass is 35.5. The molecule has 0 aliphatic carbocycles. The van der Waals surface area contributed by atoms with Crippen molar-refractivity contribution in [3.8, 4) is 5.75 Å². The molecule has 2 rings (SSSR count). The maximum absolute atomic E-state index is 12.2. The number of ether oxygens (including phenoxy) is 2. The lowest BCUT2D eigenvalue weighted by Crippen LogP contribution is -2.42. The lowest BCUT2D eigenvalue weighted by molar-refractivity contribution is -0.161. The molecule has 0 fully saturated rings. The lowest BCUT2D eigenvalue weighted by Gasteiger charge is -2.27. The van der Waals surface area contributed by atoms with Crippen molar-refractivity contribution in [3.63, 3.8) is 0 Å². The monoisotopic (exact) mass is 360 g/mol. The van der Waals surface area contributed by atoms with Crippen molar-refractivity contribution in [2.75, 3.05) is 6.61 Å². The Morgan fingerprint density at radius 3 is 2.08 bits per heavy atom. The Labute approximate surface area is 154 Å². The van der Waals surface area contributed by atoms with Crippen LogP contribution in [0.5, 0.6) is 5.75 Å². The fraction of sp³-hybridized carbons (Fsp3) is 0.381. The largest absolute Gasteiger partial charge is 0.476 e. The van der Waals surface area contributed by atoms with Gasteiger partial charge >= 0.3 is 5.97 Å². The van der Waals surface area contributed by atoms with Gasteiger partial charge in [0.1, 0.15) is 5.75 Å². The van der Waals surface area contributed by atoms with E-state index in [1.165, 1.54) is 11.1 Å². The molecule has 0 aliphatic heterocycles. The van der Waals surface area contributed by atoms with Crippen LogP contribution in [0.2, 0.25) is 5.02 Å². The molecule has 0 saturated carbocycles. The van der Waals surface area contributed by atoms with Gasteiger partial charge in [-0.15, -0.1) is 0 Å². The van der Waals surface area contributed by atoms with Crippen molar-refractivity contribution in [2.45, 2.75) is 45.6 Å².